The normalized spacial score (nSPS) is 23.2. The van der Waals surface area contributed by atoms with Gasteiger partial charge in [0.15, 0.2) is 11.9 Å². The van der Waals surface area contributed by atoms with E-state index in [1.807, 2.05) is 0 Å². The van der Waals surface area contributed by atoms with Crippen molar-refractivity contribution in [2.45, 2.75) is 6.10 Å². The van der Waals surface area contributed by atoms with E-state index in [9.17, 15) is 9.36 Å². The third-order valence-electron chi connectivity index (χ3n) is 1.19. The molecule has 0 aromatic rings. The van der Waals surface area contributed by atoms with Crippen LogP contribution in [0.15, 0.2) is 24.3 Å². The van der Waals surface area contributed by atoms with Crippen LogP contribution in [0, 0.1) is 0 Å². The zero-order chi connectivity index (χ0) is 9.19. The molecular weight excluding hydrogens is 183 g/mol. The van der Waals surface area contributed by atoms with Crippen molar-refractivity contribution >= 4 is 13.6 Å². The fraction of sp³-hybridized carbons (Fsp3) is 0.167. The lowest BCUT2D eigenvalue weighted by Gasteiger charge is -2.12. The van der Waals surface area contributed by atoms with Gasteiger partial charge in [0.2, 0.25) is 0 Å². The minimum atomic E-state index is -4.58. The van der Waals surface area contributed by atoms with Crippen molar-refractivity contribution in [2.75, 3.05) is 0 Å². The van der Waals surface area contributed by atoms with Crippen molar-refractivity contribution in [2.24, 2.45) is 0 Å². The van der Waals surface area contributed by atoms with E-state index < -0.39 is 19.7 Å². The molecule has 6 heteroatoms. The summed E-state index contributed by atoms with van der Waals surface area (Å²) >= 11 is 0. The summed E-state index contributed by atoms with van der Waals surface area (Å²) in [6.07, 6.45) is 4.28. The number of hydrogen-bond acceptors (Lipinski definition) is 3. The van der Waals surface area contributed by atoms with Crippen LogP contribution in [0.1, 0.15) is 0 Å². The van der Waals surface area contributed by atoms with E-state index in [4.69, 9.17) is 9.79 Å². The van der Waals surface area contributed by atoms with E-state index in [0.29, 0.717) is 0 Å². The first-order valence-corrected chi connectivity index (χ1v) is 4.65. The lowest BCUT2D eigenvalue weighted by Crippen LogP contribution is -2.20. The van der Waals surface area contributed by atoms with Gasteiger partial charge in [-0.25, -0.2) is 4.57 Å². The molecular formula is C6H7O5P. The number of phosphoric acid groups is 1. The smallest absolute Gasteiger partial charge is 0.303 e. The zero-order valence-electron chi connectivity index (χ0n) is 5.95. The molecule has 0 fully saturated rings. The Bertz CT molecular complexity index is 286. The van der Waals surface area contributed by atoms with Crippen molar-refractivity contribution in [3.8, 4) is 0 Å². The maximum absolute atomic E-state index is 10.9. The van der Waals surface area contributed by atoms with Crippen molar-refractivity contribution in [3.63, 3.8) is 0 Å². The highest BCUT2D eigenvalue weighted by Gasteiger charge is 2.25. The summed E-state index contributed by atoms with van der Waals surface area (Å²) in [6.45, 7) is 0. The van der Waals surface area contributed by atoms with Crippen molar-refractivity contribution in [3.05, 3.63) is 24.3 Å². The van der Waals surface area contributed by atoms with Gasteiger partial charge < -0.3 is 9.79 Å². The number of carbonyl (C=O) groups excluding carboxylic acids is 1. The highest BCUT2D eigenvalue weighted by molar-refractivity contribution is 7.46. The number of carbonyl (C=O) groups is 1. The van der Waals surface area contributed by atoms with Gasteiger partial charge in [0.25, 0.3) is 0 Å². The third-order valence-corrected chi connectivity index (χ3v) is 1.69. The molecule has 66 valence electrons. The fourth-order valence-electron chi connectivity index (χ4n) is 0.740. The molecule has 0 saturated heterocycles. The lowest BCUT2D eigenvalue weighted by atomic mass is 10.1. The Kier molecular flexibility index (Phi) is 2.59. The first-order valence-electron chi connectivity index (χ1n) is 3.12. The van der Waals surface area contributed by atoms with Crippen LogP contribution in [-0.4, -0.2) is 21.7 Å². The standard InChI is InChI=1S/C6H7O5P/c7-5-3-1-2-4-6(5)11-12(8,9)10/h1-4,6H,(H2,8,9,10). The summed E-state index contributed by atoms with van der Waals surface area (Å²) < 4.78 is 14.5. The van der Waals surface area contributed by atoms with Crippen LogP contribution in [0.5, 0.6) is 0 Å². The molecule has 1 unspecified atom stereocenters. The maximum Gasteiger partial charge on any atom is 0.470 e. The summed E-state index contributed by atoms with van der Waals surface area (Å²) in [5.41, 5.74) is 0. The number of ketones is 1. The lowest BCUT2D eigenvalue weighted by molar-refractivity contribution is -0.120. The number of hydrogen-bond donors (Lipinski definition) is 2. The minimum absolute atomic E-state index is 0.471. The van der Waals surface area contributed by atoms with Crippen molar-refractivity contribution in [1.29, 1.82) is 0 Å². The molecule has 12 heavy (non-hydrogen) atoms. The van der Waals surface area contributed by atoms with Gasteiger partial charge >= 0.3 is 7.82 Å². The Balaban J connectivity index is 2.66. The third kappa shape index (κ3) is 2.71. The van der Waals surface area contributed by atoms with Crippen LogP contribution in [0.2, 0.25) is 0 Å². The fourth-order valence-corrected chi connectivity index (χ4v) is 1.21. The molecule has 0 aliphatic heterocycles. The van der Waals surface area contributed by atoms with Gasteiger partial charge in [0.05, 0.1) is 0 Å². The first-order chi connectivity index (χ1) is 5.49. The van der Waals surface area contributed by atoms with Gasteiger partial charge in [-0.15, -0.1) is 0 Å². The maximum atomic E-state index is 10.9. The molecule has 0 aromatic carbocycles. The summed E-state index contributed by atoms with van der Waals surface area (Å²) in [5, 5.41) is 0. The number of phosphoric ester groups is 1. The highest BCUT2D eigenvalue weighted by Crippen LogP contribution is 2.38. The van der Waals surface area contributed by atoms with E-state index in [-0.39, 0.29) is 0 Å². The molecule has 0 spiro atoms. The number of rotatable bonds is 2. The highest BCUT2D eigenvalue weighted by atomic mass is 31.2. The Morgan fingerprint density at radius 3 is 2.58 bits per heavy atom. The molecule has 1 atom stereocenters. The zero-order valence-corrected chi connectivity index (χ0v) is 6.85. The van der Waals surface area contributed by atoms with Gasteiger partial charge in [-0.3, -0.25) is 9.32 Å². The Morgan fingerprint density at radius 1 is 1.42 bits per heavy atom. The summed E-state index contributed by atoms with van der Waals surface area (Å²) in [4.78, 5) is 27.6. The van der Waals surface area contributed by atoms with Crippen molar-refractivity contribution in [1.82, 2.24) is 0 Å². The van der Waals surface area contributed by atoms with E-state index in [0.717, 1.165) is 0 Å². The average Bonchev–Trinajstić information content (AvgIpc) is 1.91. The predicted octanol–water partition coefficient (Wildman–Crippen LogP) is 0.159. The molecule has 1 aliphatic carbocycles. The second-order valence-corrected chi connectivity index (χ2v) is 3.35. The van der Waals surface area contributed by atoms with E-state index in [2.05, 4.69) is 4.52 Å². The van der Waals surface area contributed by atoms with Crippen LogP contribution >= 0.6 is 7.82 Å². The van der Waals surface area contributed by atoms with Crippen LogP contribution in [-0.2, 0) is 13.9 Å². The van der Waals surface area contributed by atoms with Crippen LogP contribution in [0.3, 0.4) is 0 Å². The second-order valence-electron chi connectivity index (χ2n) is 2.16. The van der Waals surface area contributed by atoms with E-state index >= 15 is 0 Å². The molecule has 0 aromatic heterocycles. The Labute approximate surface area is 68.6 Å². The molecule has 1 aliphatic rings. The molecule has 0 saturated carbocycles. The Hall–Kier alpha value is -0.740. The van der Waals surface area contributed by atoms with E-state index in [1.54, 1.807) is 0 Å². The first kappa shape index (κ1) is 9.35. The average molecular weight is 190 g/mol. The minimum Gasteiger partial charge on any atom is -0.303 e. The topological polar surface area (TPSA) is 83.8 Å². The van der Waals surface area contributed by atoms with Gasteiger partial charge in [-0.1, -0.05) is 12.2 Å². The van der Waals surface area contributed by atoms with Crippen molar-refractivity contribution < 1.29 is 23.7 Å². The second kappa shape index (κ2) is 3.33. The van der Waals surface area contributed by atoms with Crippen LogP contribution < -0.4 is 0 Å². The predicted molar refractivity (Wildman–Crippen MR) is 40.2 cm³/mol. The van der Waals surface area contributed by atoms with Crippen LogP contribution in [0.25, 0.3) is 0 Å². The van der Waals surface area contributed by atoms with Gasteiger partial charge in [-0.2, -0.15) is 0 Å². The molecule has 1 rings (SSSR count). The SMILES string of the molecule is O=C1C=CC=CC1OP(=O)(O)O. The van der Waals surface area contributed by atoms with Crippen LogP contribution in [0.4, 0.5) is 0 Å². The molecule has 2 N–H and O–H groups in total. The summed E-state index contributed by atoms with van der Waals surface area (Å²) in [7, 11) is -4.58. The van der Waals surface area contributed by atoms with Gasteiger partial charge in [0, 0.05) is 0 Å². The quantitative estimate of drug-likeness (QED) is 0.606. The number of allylic oxidation sites excluding steroid dienone is 2. The monoisotopic (exact) mass is 190 g/mol. The molecule has 0 bridgehead atoms. The van der Waals surface area contributed by atoms with E-state index in [1.165, 1.54) is 24.3 Å². The largest absolute Gasteiger partial charge is 0.470 e. The van der Waals surface area contributed by atoms with Gasteiger partial charge in [0.1, 0.15) is 0 Å². The molecule has 0 heterocycles. The Morgan fingerprint density at radius 2 is 2.08 bits per heavy atom. The molecule has 0 radical (unpaired) electrons. The summed E-state index contributed by atoms with van der Waals surface area (Å²) in [5.74, 6) is -0.471. The van der Waals surface area contributed by atoms with Gasteiger partial charge in [-0.05, 0) is 12.2 Å². The summed E-state index contributed by atoms with van der Waals surface area (Å²) in [6, 6.07) is 0. The molecule has 5 nitrogen and oxygen atoms in total. The molecule has 0 amide bonds.